The van der Waals surface area contributed by atoms with E-state index in [9.17, 15) is 9.59 Å². The van der Waals surface area contributed by atoms with Crippen LogP contribution in [0.5, 0.6) is 0 Å². The fraction of sp³-hybridized carbons (Fsp3) is 0.900. The number of aldehydes is 1. The highest BCUT2D eigenvalue weighted by molar-refractivity contribution is 5.66. The minimum atomic E-state index is -0.319. The Morgan fingerprint density at radius 1 is 1.04 bits per heavy atom. The molecule has 1 aliphatic heterocycles. The number of hydrogen-bond donors (Lipinski definition) is 0. The zero-order chi connectivity index (χ0) is 17.6. The van der Waals surface area contributed by atoms with Crippen LogP contribution in [0.15, 0.2) is 0 Å². The average molecular weight is 341 g/mol. The van der Waals surface area contributed by atoms with Crippen molar-refractivity contribution in [2.45, 2.75) is 116 Å². The van der Waals surface area contributed by atoms with Crippen LogP contribution in [0, 0.1) is 0 Å². The van der Waals surface area contributed by atoms with Crippen molar-refractivity contribution in [2.75, 3.05) is 0 Å². The van der Waals surface area contributed by atoms with Gasteiger partial charge in [0.05, 0.1) is 6.10 Å². The molecule has 1 rings (SSSR count). The first-order chi connectivity index (χ1) is 11.7. The summed E-state index contributed by atoms with van der Waals surface area (Å²) in [6.45, 7) is 3.69. The Bertz CT molecular complexity index is 343. The number of rotatable bonds is 14. The van der Waals surface area contributed by atoms with E-state index in [0.717, 1.165) is 32.0 Å². The average Bonchev–Trinajstić information content (AvgIpc) is 3.04. The van der Waals surface area contributed by atoms with Crippen LogP contribution < -0.4 is 0 Å². The lowest BCUT2D eigenvalue weighted by atomic mass is 10.0. The monoisotopic (exact) mass is 340 g/mol. The Kier molecular flexibility index (Phi) is 11.8. The molecule has 1 fully saturated rings. The first-order valence-corrected chi connectivity index (χ1v) is 9.95. The van der Waals surface area contributed by atoms with Gasteiger partial charge in [-0.05, 0) is 25.7 Å². The molecule has 1 heterocycles. The minimum absolute atomic E-state index is 0.109. The largest absolute Gasteiger partial charge is 0.460 e. The standard InChI is InChI=1S/C20H36O4/c1-3-4-5-6-7-8-9-10-11-12-13-19(23-17(2)22)20-15-14-18(16-21)24-20/h16,18-20H,3-15H2,1-2H3/t18-,19+,20+/m1/s1. The van der Waals surface area contributed by atoms with Crippen LogP contribution in [0.25, 0.3) is 0 Å². The molecule has 1 saturated heterocycles. The lowest BCUT2D eigenvalue weighted by Crippen LogP contribution is -2.31. The highest BCUT2D eigenvalue weighted by atomic mass is 16.6. The molecule has 0 amide bonds. The molecule has 4 heteroatoms. The lowest BCUT2D eigenvalue weighted by Gasteiger charge is -2.23. The summed E-state index contributed by atoms with van der Waals surface area (Å²) < 4.78 is 11.1. The molecule has 0 aromatic heterocycles. The molecule has 0 unspecified atom stereocenters. The fourth-order valence-electron chi connectivity index (χ4n) is 3.43. The van der Waals surface area contributed by atoms with E-state index in [1.807, 2.05) is 0 Å². The predicted octanol–water partition coefficient (Wildman–Crippen LogP) is 4.98. The molecule has 0 aliphatic carbocycles. The SMILES string of the molecule is CCCCCCCCCCCC[C@H](OC(C)=O)[C@@H]1CC[C@H](C=O)O1. The summed E-state index contributed by atoms with van der Waals surface area (Å²) in [4.78, 5) is 22.1. The zero-order valence-electron chi connectivity index (χ0n) is 15.6. The van der Waals surface area contributed by atoms with Crippen LogP contribution in [-0.2, 0) is 19.1 Å². The van der Waals surface area contributed by atoms with Crippen LogP contribution in [0.1, 0.15) is 97.3 Å². The van der Waals surface area contributed by atoms with Crippen molar-refractivity contribution in [3.05, 3.63) is 0 Å². The van der Waals surface area contributed by atoms with Crippen molar-refractivity contribution in [1.82, 2.24) is 0 Å². The topological polar surface area (TPSA) is 52.6 Å². The van der Waals surface area contributed by atoms with E-state index in [1.54, 1.807) is 0 Å². The van der Waals surface area contributed by atoms with Gasteiger partial charge in [-0.2, -0.15) is 0 Å². The second kappa shape index (κ2) is 13.4. The van der Waals surface area contributed by atoms with Crippen LogP contribution in [0.2, 0.25) is 0 Å². The molecule has 0 aromatic carbocycles. The number of unbranched alkanes of at least 4 members (excludes halogenated alkanes) is 9. The van der Waals surface area contributed by atoms with E-state index in [0.29, 0.717) is 0 Å². The minimum Gasteiger partial charge on any atom is -0.460 e. The van der Waals surface area contributed by atoms with E-state index < -0.39 is 0 Å². The number of esters is 1. The van der Waals surface area contributed by atoms with E-state index in [4.69, 9.17) is 9.47 Å². The molecule has 4 nitrogen and oxygen atoms in total. The van der Waals surface area contributed by atoms with Crippen molar-refractivity contribution in [3.8, 4) is 0 Å². The number of carbonyl (C=O) groups is 2. The van der Waals surface area contributed by atoms with Gasteiger partial charge in [0.25, 0.3) is 0 Å². The fourth-order valence-corrected chi connectivity index (χ4v) is 3.43. The van der Waals surface area contributed by atoms with Gasteiger partial charge in [0.2, 0.25) is 0 Å². The molecule has 0 spiro atoms. The maximum Gasteiger partial charge on any atom is 0.302 e. The quantitative estimate of drug-likeness (QED) is 0.254. The van der Waals surface area contributed by atoms with E-state index >= 15 is 0 Å². The summed E-state index contributed by atoms with van der Waals surface area (Å²) in [6.07, 6.45) is 15.5. The van der Waals surface area contributed by atoms with Gasteiger partial charge in [0, 0.05) is 6.92 Å². The predicted molar refractivity (Wildman–Crippen MR) is 96.0 cm³/mol. The van der Waals surface area contributed by atoms with Crippen molar-refractivity contribution in [2.24, 2.45) is 0 Å². The first kappa shape index (κ1) is 21.1. The van der Waals surface area contributed by atoms with Crippen molar-refractivity contribution >= 4 is 12.3 Å². The second-order valence-electron chi connectivity index (χ2n) is 7.04. The molecular weight excluding hydrogens is 304 g/mol. The van der Waals surface area contributed by atoms with Gasteiger partial charge in [-0.15, -0.1) is 0 Å². The highest BCUT2D eigenvalue weighted by Crippen LogP contribution is 2.26. The van der Waals surface area contributed by atoms with Gasteiger partial charge in [-0.3, -0.25) is 4.79 Å². The van der Waals surface area contributed by atoms with Gasteiger partial charge in [-0.25, -0.2) is 0 Å². The number of hydrogen-bond acceptors (Lipinski definition) is 4. The Morgan fingerprint density at radius 3 is 2.12 bits per heavy atom. The molecule has 0 N–H and O–H groups in total. The first-order valence-electron chi connectivity index (χ1n) is 9.95. The summed E-state index contributed by atoms with van der Waals surface area (Å²) >= 11 is 0. The zero-order valence-corrected chi connectivity index (χ0v) is 15.6. The van der Waals surface area contributed by atoms with Crippen LogP contribution >= 0.6 is 0 Å². The van der Waals surface area contributed by atoms with Crippen molar-refractivity contribution in [1.29, 1.82) is 0 Å². The van der Waals surface area contributed by atoms with Gasteiger partial charge in [0.1, 0.15) is 18.5 Å². The maximum absolute atomic E-state index is 11.3. The Labute approximate surface area is 147 Å². The molecule has 1 aliphatic rings. The van der Waals surface area contributed by atoms with Crippen LogP contribution in [-0.4, -0.2) is 30.6 Å². The molecule has 140 valence electrons. The molecule has 0 aromatic rings. The van der Waals surface area contributed by atoms with Gasteiger partial charge in [0.15, 0.2) is 0 Å². The van der Waals surface area contributed by atoms with Crippen molar-refractivity contribution in [3.63, 3.8) is 0 Å². The van der Waals surface area contributed by atoms with E-state index in [-0.39, 0.29) is 24.3 Å². The molecule has 3 atom stereocenters. The van der Waals surface area contributed by atoms with Gasteiger partial charge in [-0.1, -0.05) is 64.7 Å². The normalized spacial score (nSPS) is 21.6. The molecule has 0 bridgehead atoms. The van der Waals surface area contributed by atoms with Gasteiger partial charge >= 0.3 is 5.97 Å². The third-order valence-electron chi connectivity index (χ3n) is 4.81. The Morgan fingerprint density at radius 2 is 1.62 bits per heavy atom. The summed E-state index contributed by atoms with van der Waals surface area (Å²) in [5, 5.41) is 0. The Balaban J connectivity index is 2.10. The third-order valence-corrected chi connectivity index (χ3v) is 4.81. The number of carbonyl (C=O) groups excluding carboxylic acids is 2. The summed E-state index contributed by atoms with van der Waals surface area (Å²) in [7, 11) is 0. The Hall–Kier alpha value is -0.900. The molecule has 0 radical (unpaired) electrons. The lowest BCUT2D eigenvalue weighted by molar-refractivity contribution is -0.155. The summed E-state index contributed by atoms with van der Waals surface area (Å²) in [5.74, 6) is -0.259. The summed E-state index contributed by atoms with van der Waals surface area (Å²) in [5.41, 5.74) is 0. The van der Waals surface area contributed by atoms with Gasteiger partial charge < -0.3 is 14.3 Å². The van der Waals surface area contributed by atoms with E-state index in [2.05, 4.69) is 6.92 Å². The molecular formula is C20H36O4. The summed E-state index contributed by atoms with van der Waals surface area (Å²) in [6, 6.07) is 0. The third kappa shape index (κ3) is 9.41. The van der Waals surface area contributed by atoms with Crippen LogP contribution in [0.4, 0.5) is 0 Å². The smallest absolute Gasteiger partial charge is 0.302 e. The van der Waals surface area contributed by atoms with Crippen LogP contribution in [0.3, 0.4) is 0 Å². The molecule has 24 heavy (non-hydrogen) atoms. The van der Waals surface area contributed by atoms with E-state index in [1.165, 1.54) is 64.7 Å². The second-order valence-corrected chi connectivity index (χ2v) is 7.04. The number of ether oxygens (including phenoxy) is 2. The van der Waals surface area contributed by atoms with Crippen molar-refractivity contribution < 1.29 is 19.1 Å². The maximum atomic E-state index is 11.3. The molecule has 0 saturated carbocycles. The highest BCUT2D eigenvalue weighted by Gasteiger charge is 2.33.